The Labute approximate surface area is 172 Å². The Balaban J connectivity index is 1.24. The average Bonchev–Trinajstić information content (AvgIpc) is 3.19. The summed E-state index contributed by atoms with van der Waals surface area (Å²) in [4.78, 5) is 15.8. The molecule has 2 aliphatic rings. The fourth-order valence-corrected chi connectivity index (χ4v) is 4.83. The Kier molecular flexibility index (Phi) is 4.91. The minimum Gasteiger partial charge on any atom is -0.352 e. The Hall–Kier alpha value is -2.91. The molecule has 0 spiro atoms. The van der Waals surface area contributed by atoms with Crippen molar-refractivity contribution in [2.75, 3.05) is 13.1 Å². The van der Waals surface area contributed by atoms with Crippen molar-refractivity contribution in [2.45, 2.75) is 18.5 Å². The topological polar surface area (TPSA) is 32.3 Å². The molecular weight excluding hydrogens is 356 g/mol. The summed E-state index contributed by atoms with van der Waals surface area (Å²) >= 11 is 0. The van der Waals surface area contributed by atoms with E-state index in [9.17, 15) is 4.79 Å². The molecule has 3 aromatic rings. The van der Waals surface area contributed by atoms with Crippen LogP contribution in [0.4, 0.5) is 0 Å². The number of carbonyl (C=O) groups excluding carboxylic acids is 1. The van der Waals surface area contributed by atoms with Crippen LogP contribution in [0, 0.1) is 11.8 Å². The molecule has 3 aromatic carbocycles. The van der Waals surface area contributed by atoms with E-state index in [-0.39, 0.29) is 11.8 Å². The molecule has 29 heavy (non-hydrogen) atoms. The van der Waals surface area contributed by atoms with E-state index in [1.807, 2.05) is 60.7 Å². The molecule has 0 aromatic heterocycles. The SMILES string of the molecule is O=C(NC1C2CN(Cc3ccccc3)CC21)C(c1ccccc1)c1ccccc1. The van der Waals surface area contributed by atoms with Crippen LogP contribution < -0.4 is 5.32 Å². The summed E-state index contributed by atoms with van der Waals surface area (Å²) in [6.07, 6.45) is 0. The van der Waals surface area contributed by atoms with Crippen LogP contribution in [0.5, 0.6) is 0 Å². The molecule has 1 N–H and O–H groups in total. The largest absolute Gasteiger partial charge is 0.352 e. The van der Waals surface area contributed by atoms with Gasteiger partial charge in [-0.05, 0) is 28.5 Å². The van der Waals surface area contributed by atoms with Crippen LogP contribution in [0.15, 0.2) is 91.0 Å². The molecule has 3 heteroatoms. The summed E-state index contributed by atoms with van der Waals surface area (Å²) in [5, 5.41) is 3.37. The number of hydrogen-bond acceptors (Lipinski definition) is 2. The molecule has 1 heterocycles. The fraction of sp³-hybridized carbons (Fsp3) is 0.269. The van der Waals surface area contributed by atoms with Crippen LogP contribution in [-0.2, 0) is 11.3 Å². The molecule has 2 atom stereocenters. The standard InChI is InChI=1S/C26H26N2O/c29-26(24(20-12-6-2-7-13-20)21-14-8-3-9-15-21)27-25-22-17-28(18-23(22)25)16-19-10-4-1-5-11-19/h1-15,22-25H,16-18H2,(H,27,29). The lowest BCUT2D eigenvalue weighted by Gasteiger charge is -2.22. The van der Waals surface area contributed by atoms with Gasteiger partial charge in [-0.3, -0.25) is 9.69 Å². The first-order valence-corrected chi connectivity index (χ1v) is 10.5. The van der Waals surface area contributed by atoms with E-state index < -0.39 is 0 Å². The van der Waals surface area contributed by atoms with Gasteiger partial charge < -0.3 is 5.32 Å². The molecule has 3 nitrogen and oxygen atoms in total. The monoisotopic (exact) mass is 382 g/mol. The van der Waals surface area contributed by atoms with Gasteiger partial charge in [0.1, 0.15) is 0 Å². The minimum atomic E-state index is -0.251. The molecule has 2 fully saturated rings. The summed E-state index contributed by atoms with van der Waals surface area (Å²) < 4.78 is 0. The van der Waals surface area contributed by atoms with Gasteiger partial charge in [-0.25, -0.2) is 0 Å². The Morgan fingerprint density at radius 2 is 1.28 bits per heavy atom. The van der Waals surface area contributed by atoms with E-state index in [2.05, 4.69) is 40.5 Å². The molecule has 0 bridgehead atoms. The first-order valence-electron chi connectivity index (χ1n) is 10.5. The van der Waals surface area contributed by atoms with E-state index in [4.69, 9.17) is 0 Å². The van der Waals surface area contributed by atoms with Gasteiger partial charge >= 0.3 is 0 Å². The van der Waals surface area contributed by atoms with Gasteiger partial charge in [-0.1, -0.05) is 91.0 Å². The first-order chi connectivity index (χ1) is 14.3. The van der Waals surface area contributed by atoms with Crippen LogP contribution in [0.2, 0.25) is 0 Å². The smallest absolute Gasteiger partial charge is 0.232 e. The van der Waals surface area contributed by atoms with Crippen molar-refractivity contribution in [2.24, 2.45) is 11.8 Å². The third-order valence-electron chi connectivity index (χ3n) is 6.36. The van der Waals surface area contributed by atoms with Crippen molar-refractivity contribution in [1.29, 1.82) is 0 Å². The second-order valence-corrected chi connectivity index (χ2v) is 8.30. The molecule has 2 unspecified atom stereocenters. The normalized spacial score (nSPS) is 23.0. The number of amides is 1. The zero-order chi connectivity index (χ0) is 19.6. The Morgan fingerprint density at radius 3 is 1.79 bits per heavy atom. The zero-order valence-corrected chi connectivity index (χ0v) is 16.4. The number of piperidine rings is 1. The second-order valence-electron chi connectivity index (χ2n) is 8.30. The van der Waals surface area contributed by atoms with Crippen LogP contribution >= 0.6 is 0 Å². The lowest BCUT2D eigenvalue weighted by molar-refractivity contribution is -0.122. The number of benzene rings is 3. The maximum atomic E-state index is 13.3. The average molecular weight is 383 g/mol. The van der Waals surface area contributed by atoms with Crippen molar-refractivity contribution < 1.29 is 4.79 Å². The van der Waals surface area contributed by atoms with Gasteiger partial charge in [0.15, 0.2) is 0 Å². The summed E-state index contributed by atoms with van der Waals surface area (Å²) in [5.41, 5.74) is 3.46. The number of carbonyl (C=O) groups is 1. The van der Waals surface area contributed by atoms with E-state index in [0.717, 1.165) is 30.8 Å². The lowest BCUT2D eigenvalue weighted by Crippen LogP contribution is -2.37. The van der Waals surface area contributed by atoms with Crippen molar-refractivity contribution in [1.82, 2.24) is 10.2 Å². The molecule has 146 valence electrons. The van der Waals surface area contributed by atoms with E-state index in [0.29, 0.717) is 17.9 Å². The van der Waals surface area contributed by atoms with Crippen molar-refractivity contribution in [3.63, 3.8) is 0 Å². The van der Waals surface area contributed by atoms with Crippen LogP contribution in [0.3, 0.4) is 0 Å². The van der Waals surface area contributed by atoms with Crippen molar-refractivity contribution >= 4 is 5.91 Å². The highest BCUT2D eigenvalue weighted by molar-refractivity contribution is 5.87. The molecule has 1 aliphatic heterocycles. The van der Waals surface area contributed by atoms with Gasteiger partial charge in [-0.15, -0.1) is 0 Å². The molecular formula is C26H26N2O. The number of fused-ring (bicyclic) bond motifs is 1. The van der Waals surface area contributed by atoms with Crippen molar-refractivity contribution in [3.05, 3.63) is 108 Å². The third-order valence-corrected chi connectivity index (χ3v) is 6.36. The lowest BCUT2D eigenvalue weighted by atomic mass is 9.90. The molecule has 1 saturated carbocycles. The van der Waals surface area contributed by atoms with E-state index >= 15 is 0 Å². The number of rotatable bonds is 6. The van der Waals surface area contributed by atoms with Gasteiger partial charge in [0.2, 0.25) is 5.91 Å². The van der Waals surface area contributed by atoms with Crippen molar-refractivity contribution in [3.8, 4) is 0 Å². The third kappa shape index (κ3) is 3.83. The van der Waals surface area contributed by atoms with E-state index in [1.54, 1.807) is 0 Å². The van der Waals surface area contributed by atoms with Gasteiger partial charge in [0.25, 0.3) is 0 Å². The Morgan fingerprint density at radius 1 is 0.793 bits per heavy atom. The molecule has 1 amide bonds. The van der Waals surface area contributed by atoms with Crippen LogP contribution in [0.1, 0.15) is 22.6 Å². The summed E-state index contributed by atoms with van der Waals surface area (Å²) in [5.74, 6) is 1.06. The van der Waals surface area contributed by atoms with Gasteiger partial charge in [0, 0.05) is 25.7 Å². The fourth-order valence-electron chi connectivity index (χ4n) is 4.83. The number of nitrogens with zero attached hydrogens (tertiary/aromatic N) is 1. The minimum absolute atomic E-state index is 0.122. The predicted octanol–water partition coefficient (Wildman–Crippen LogP) is 4.07. The van der Waals surface area contributed by atoms with Gasteiger partial charge in [0.05, 0.1) is 5.92 Å². The second kappa shape index (κ2) is 7.84. The highest BCUT2D eigenvalue weighted by atomic mass is 16.2. The van der Waals surface area contributed by atoms with E-state index in [1.165, 1.54) is 5.56 Å². The summed E-state index contributed by atoms with van der Waals surface area (Å²) in [6, 6.07) is 31.2. The molecule has 1 saturated heterocycles. The highest BCUT2D eigenvalue weighted by Crippen LogP contribution is 2.46. The molecule has 0 radical (unpaired) electrons. The summed E-state index contributed by atoms with van der Waals surface area (Å²) in [7, 11) is 0. The van der Waals surface area contributed by atoms with Gasteiger partial charge in [-0.2, -0.15) is 0 Å². The number of hydrogen-bond donors (Lipinski definition) is 1. The highest BCUT2D eigenvalue weighted by Gasteiger charge is 2.56. The maximum absolute atomic E-state index is 13.3. The number of nitrogens with one attached hydrogen (secondary N) is 1. The first kappa shape index (κ1) is 18.1. The quantitative estimate of drug-likeness (QED) is 0.697. The van der Waals surface area contributed by atoms with Crippen LogP contribution in [-0.4, -0.2) is 29.9 Å². The zero-order valence-electron chi connectivity index (χ0n) is 16.4. The summed E-state index contributed by atoms with van der Waals surface area (Å²) in [6.45, 7) is 3.16. The number of likely N-dealkylation sites (tertiary alicyclic amines) is 1. The predicted molar refractivity (Wildman–Crippen MR) is 115 cm³/mol. The maximum Gasteiger partial charge on any atom is 0.232 e. The van der Waals surface area contributed by atoms with Crippen LogP contribution in [0.25, 0.3) is 0 Å². The molecule has 1 aliphatic carbocycles. The Bertz CT molecular complexity index is 906. The molecule has 5 rings (SSSR count).